The highest BCUT2D eigenvalue weighted by Crippen LogP contribution is 2.31. The largest absolute Gasteiger partial charge is 0.472 e. The molecule has 0 spiro atoms. The summed E-state index contributed by atoms with van der Waals surface area (Å²) >= 11 is 5.85. The van der Waals surface area contributed by atoms with Gasteiger partial charge >= 0.3 is 0 Å². The zero-order chi connectivity index (χ0) is 13.3. The van der Waals surface area contributed by atoms with Crippen LogP contribution in [0.5, 0.6) is 0 Å². The highest BCUT2D eigenvalue weighted by molar-refractivity contribution is 6.30. The number of nitriles is 1. The van der Waals surface area contributed by atoms with Gasteiger partial charge in [-0.05, 0) is 45.0 Å². The molecule has 0 N–H and O–H groups in total. The third kappa shape index (κ3) is 2.34. The average molecular weight is 263 g/mol. The van der Waals surface area contributed by atoms with Gasteiger partial charge in [0.25, 0.3) is 0 Å². The maximum atomic E-state index is 9.17. The van der Waals surface area contributed by atoms with Gasteiger partial charge in [0.2, 0.25) is 5.90 Å². The SMILES string of the molecule is CC1OC(c2ccc(Cl)cc2)=NC1C(C)(C)C#N. The molecule has 1 aromatic carbocycles. The molecule has 3 nitrogen and oxygen atoms in total. The number of halogens is 1. The van der Waals surface area contributed by atoms with Gasteiger partial charge < -0.3 is 4.74 Å². The number of rotatable bonds is 2. The summed E-state index contributed by atoms with van der Waals surface area (Å²) in [6.45, 7) is 5.70. The Balaban J connectivity index is 2.30. The number of hydrogen-bond acceptors (Lipinski definition) is 3. The second-order valence-electron chi connectivity index (χ2n) is 5.04. The lowest BCUT2D eigenvalue weighted by Gasteiger charge is -2.23. The minimum atomic E-state index is -0.534. The lowest BCUT2D eigenvalue weighted by molar-refractivity contribution is 0.170. The van der Waals surface area contributed by atoms with Crippen molar-refractivity contribution in [2.24, 2.45) is 10.4 Å². The zero-order valence-electron chi connectivity index (χ0n) is 10.6. The Labute approximate surface area is 112 Å². The molecule has 18 heavy (non-hydrogen) atoms. The molecular weight excluding hydrogens is 248 g/mol. The summed E-state index contributed by atoms with van der Waals surface area (Å²) in [6.07, 6.45) is -0.0923. The van der Waals surface area contributed by atoms with Crippen molar-refractivity contribution in [3.05, 3.63) is 34.9 Å². The zero-order valence-corrected chi connectivity index (χ0v) is 11.4. The molecule has 0 fully saturated rings. The Morgan fingerprint density at radius 3 is 2.50 bits per heavy atom. The van der Waals surface area contributed by atoms with Crippen LogP contribution in [0.4, 0.5) is 0 Å². The van der Waals surface area contributed by atoms with Crippen LogP contribution in [0.25, 0.3) is 0 Å². The molecule has 1 aliphatic rings. The molecule has 2 rings (SSSR count). The fourth-order valence-electron chi connectivity index (χ4n) is 2.05. The van der Waals surface area contributed by atoms with E-state index in [1.807, 2.05) is 32.9 Å². The maximum absolute atomic E-state index is 9.17. The van der Waals surface area contributed by atoms with Crippen LogP contribution >= 0.6 is 11.6 Å². The monoisotopic (exact) mass is 262 g/mol. The van der Waals surface area contributed by atoms with E-state index in [1.165, 1.54) is 0 Å². The number of ether oxygens (including phenoxy) is 1. The molecule has 0 saturated heterocycles. The van der Waals surface area contributed by atoms with Crippen LogP contribution in [0.2, 0.25) is 5.02 Å². The quantitative estimate of drug-likeness (QED) is 0.820. The van der Waals surface area contributed by atoms with Crippen LogP contribution in [-0.4, -0.2) is 18.0 Å². The molecule has 1 aliphatic heterocycles. The molecule has 2 atom stereocenters. The van der Waals surface area contributed by atoms with E-state index in [9.17, 15) is 5.26 Å². The van der Waals surface area contributed by atoms with Crippen molar-refractivity contribution in [2.45, 2.75) is 32.9 Å². The molecule has 0 aromatic heterocycles. The second kappa shape index (κ2) is 4.62. The average Bonchev–Trinajstić information content (AvgIpc) is 2.73. The first-order valence-corrected chi connectivity index (χ1v) is 6.23. The minimum absolute atomic E-state index is 0.0923. The first kappa shape index (κ1) is 12.9. The summed E-state index contributed by atoms with van der Waals surface area (Å²) in [5, 5.41) is 9.85. The van der Waals surface area contributed by atoms with Crippen LogP contribution in [-0.2, 0) is 4.74 Å². The van der Waals surface area contributed by atoms with E-state index < -0.39 is 5.41 Å². The van der Waals surface area contributed by atoms with Crippen LogP contribution in [0.15, 0.2) is 29.3 Å². The number of nitrogens with zero attached hydrogens (tertiary/aromatic N) is 2. The van der Waals surface area contributed by atoms with E-state index in [-0.39, 0.29) is 12.1 Å². The van der Waals surface area contributed by atoms with Crippen LogP contribution < -0.4 is 0 Å². The molecule has 1 aromatic rings. The molecule has 1 heterocycles. The van der Waals surface area contributed by atoms with Crippen molar-refractivity contribution in [1.82, 2.24) is 0 Å². The summed E-state index contributed by atoms with van der Waals surface area (Å²) in [7, 11) is 0. The normalized spacial score (nSPS) is 23.2. The molecule has 2 unspecified atom stereocenters. The molecule has 0 saturated carbocycles. The van der Waals surface area contributed by atoms with Gasteiger partial charge in [0.15, 0.2) is 0 Å². The summed E-state index contributed by atoms with van der Waals surface area (Å²) in [6, 6.07) is 9.49. The van der Waals surface area contributed by atoms with Crippen molar-refractivity contribution >= 4 is 17.5 Å². The van der Waals surface area contributed by atoms with E-state index in [2.05, 4.69) is 11.1 Å². The third-order valence-electron chi connectivity index (χ3n) is 3.12. The minimum Gasteiger partial charge on any atom is -0.472 e. The van der Waals surface area contributed by atoms with Crippen LogP contribution in [0.1, 0.15) is 26.3 Å². The summed E-state index contributed by atoms with van der Waals surface area (Å²) in [5.74, 6) is 0.590. The Kier molecular flexibility index (Phi) is 3.32. The van der Waals surface area contributed by atoms with Crippen molar-refractivity contribution in [2.75, 3.05) is 0 Å². The Bertz CT molecular complexity index is 514. The van der Waals surface area contributed by atoms with Gasteiger partial charge in [-0.15, -0.1) is 0 Å². The van der Waals surface area contributed by atoms with E-state index in [4.69, 9.17) is 16.3 Å². The van der Waals surface area contributed by atoms with Crippen LogP contribution in [0.3, 0.4) is 0 Å². The molecular formula is C14H15ClN2O. The van der Waals surface area contributed by atoms with Crippen molar-refractivity contribution in [3.8, 4) is 6.07 Å². The van der Waals surface area contributed by atoms with Crippen LogP contribution in [0, 0.1) is 16.7 Å². The predicted molar refractivity (Wildman–Crippen MR) is 71.7 cm³/mol. The van der Waals surface area contributed by atoms with E-state index in [1.54, 1.807) is 12.1 Å². The van der Waals surface area contributed by atoms with E-state index >= 15 is 0 Å². The lowest BCUT2D eigenvalue weighted by Crippen LogP contribution is -2.33. The van der Waals surface area contributed by atoms with Gasteiger partial charge in [-0.25, -0.2) is 4.99 Å². The Morgan fingerprint density at radius 1 is 1.33 bits per heavy atom. The first-order chi connectivity index (χ1) is 8.44. The van der Waals surface area contributed by atoms with Gasteiger partial charge in [-0.3, -0.25) is 0 Å². The molecule has 0 aliphatic carbocycles. The van der Waals surface area contributed by atoms with Gasteiger partial charge in [0.05, 0.1) is 11.5 Å². The maximum Gasteiger partial charge on any atom is 0.216 e. The van der Waals surface area contributed by atoms with Crippen molar-refractivity contribution in [3.63, 3.8) is 0 Å². The summed E-state index contributed by atoms with van der Waals surface area (Å²) in [5.41, 5.74) is 0.357. The number of hydrogen-bond donors (Lipinski definition) is 0. The standard InChI is InChI=1S/C14H15ClN2O/c1-9-12(14(2,3)8-16)17-13(18-9)10-4-6-11(15)7-5-10/h4-7,9,12H,1-3H3. The molecule has 0 radical (unpaired) electrons. The highest BCUT2D eigenvalue weighted by Gasteiger charge is 2.39. The fraction of sp³-hybridized carbons (Fsp3) is 0.429. The van der Waals surface area contributed by atoms with Gasteiger partial charge in [0, 0.05) is 10.6 Å². The Hall–Kier alpha value is -1.53. The highest BCUT2D eigenvalue weighted by atomic mass is 35.5. The van der Waals surface area contributed by atoms with E-state index in [0.717, 1.165) is 5.56 Å². The summed E-state index contributed by atoms with van der Waals surface area (Å²) in [4.78, 5) is 4.54. The van der Waals surface area contributed by atoms with E-state index in [0.29, 0.717) is 10.9 Å². The topological polar surface area (TPSA) is 45.4 Å². The second-order valence-corrected chi connectivity index (χ2v) is 5.48. The lowest BCUT2D eigenvalue weighted by atomic mass is 9.84. The Morgan fingerprint density at radius 2 is 1.94 bits per heavy atom. The predicted octanol–water partition coefficient (Wildman–Crippen LogP) is 3.42. The smallest absolute Gasteiger partial charge is 0.216 e. The number of benzene rings is 1. The van der Waals surface area contributed by atoms with Gasteiger partial charge in [-0.2, -0.15) is 5.26 Å². The third-order valence-corrected chi connectivity index (χ3v) is 3.37. The number of aliphatic imine (C=N–C) groups is 1. The van der Waals surface area contributed by atoms with Gasteiger partial charge in [0.1, 0.15) is 12.1 Å². The van der Waals surface area contributed by atoms with Crippen molar-refractivity contribution < 1.29 is 4.74 Å². The van der Waals surface area contributed by atoms with Crippen molar-refractivity contribution in [1.29, 1.82) is 5.26 Å². The molecule has 0 bridgehead atoms. The van der Waals surface area contributed by atoms with Gasteiger partial charge in [-0.1, -0.05) is 11.6 Å². The first-order valence-electron chi connectivity index (χ1n) is 5.85. The molecule has 0 amide bonds. The fourth-order valence-corrected chi connectivity index (χ4v) is 2.18. The molecule has 4 heteroatoms. The molecule has 94 valence electrons. The summed E-state index contributed by atoms with van der Waals surface area (Å²) < 4.78 is 5.74.